The lowest BCUT2D eigenvalue weighted by Gasteiger charge is -2.12. The second-order valence-corrected chi connectivity index (χ2v) is 3.17. The van der Waals surface area contributed by atoms with Gasteiger partial charge in [-0.25, -0.2) is 4.98 Å². The molecule has 0 fully saturated rings. The summed E-state index contributed by atoms with van der Waals surface area (Å²) in [5, 5.41) is 0. The predicted octanol–water partition coefficient (Wildman–Crippen LogP) is 0.570. The minimum atomic E-state index is -0.0125. The molecule has 4 heteroatoms. The van der Waals surface area contributed by atoms with E-state index in [1.54, 1.807) is 6.20 Å². The first-order chi connectivity index (χ1) is 6.74. The Morgan fingerprint density at radius 2 is 2.36 bits per heavy atom. The Morgan fingerprint density at radius 3 is 3.00 bits per heavy atom. The summed E-state index contributed by atoms with van der Waals surface area (Å²) in [6.07, 6.45) is 2.38. The van der Waals surface area contributed by atoms with E-state index in [1.165, 1.54) is 0 Å². The van der Waals surface area contributed by atoms with Gasteiger partial charge < -0.3 is 16.2 Å². The number of aromatic nitrogens is 1. The van der Waals surface area contributed by atoms with Crippen LogP contribution in [0.1, 0.15) is 12.5 Å². The largest absolute Gasteiger partial charge is 0.383 e. The highest BCUT2D eigenvalue weighted by Gasteiger charge is 2.06. The zero-order valence-electron chi connectivity index (χ0n) is 8.44. The van der Waals surface area contributed by atoms with Crippen molar-refractivity contribution in [2.45, 2.75) is 19.4 Å². The van der Waals surface area contributed by atoms with Crippen molar-refractivity contribution in [2.75, 3.05) is 18.9 Å². The second kappa shape index (κ2) is 5.57. The van der Waals surface area contributed by atoms with E-state index in [2.05, 4.69) is 4.98 Å². The van der Waals surface area contributed by atoms with E-state index in [9.17, 15) is 0 Å². The molecule has 1 rings (SSSR count). The van der Waals surface area contributed by atoms with Gasteiger partial charge in [0.2, 0.25) is 0 Å². The van der Waals surface area contributed by atoms with E-state index < -0.39 is 0 Å². The Labute approximate surface area is 84.3 Å². The zero-order chi connectivity index (χ0) is 10.4. The van der Waals surface area contributed by atoms with E-state index in [-0.39, 0.29) is 6.04 Å². The first-order valence-corrected chi connectivity index (χ1v) is 4.76. The third-order valence-electron chi connectivity index (χ3n) is 1.94. The van der Waals surface area contributed by atoms with Crippen molar-refractivity contribution in [3.05, 3.63) is 23.9 Å². The van der Waals surface area contributed by atoms with Crippen LogP contribution in [0.15, 0.2) is 18.3 Å². The van der Waals surface area contributed by atoms with Crippen molar-refractivity contribution in [3.63, 3.8) is 0 Å². The van der Waals surface area contributed by atoms with Gasteiger partial charge >= 0.3 is 0 Å². The van der Waals surface area contributed by atoms with Crippen molar-refractivity contribution in [3.8, 4) is 0 Å². The second-order valence-electron chi connectivity index (χ2n) is 3.17. The third kappa shape index (κ3) is 3.32. The van der Waals surface area contributed by atoms with Crippen LogP contribution >= 0.6 is 0 Å². The van der Waals surface area contributed by atoms with Crippen molar-refractivity contribution in [1.29, 1.82) is 0 Å². The molecule has 1 atom stereocenters. The molecule has 0 saturated heterocycles. The molecule has 0 aromatic carbocycles. The number of rotatable bonds is 5. The third-order valence-corrected chi connectivity index (χ3v) is 1.94. The average Bonchev–Trinajstić information content (AvgIpc) is 2.18. The van der Waals surface area contributed by atoms with Crippen molar-refractivity contribution >= 4 is 5.82 Å². The lowest BCUT2D eigenvalue weighted by atomic mass is 10.1. The maximum atomic E-state index is 5.85. The molecule has 0 aliphatic heterocycles. The molecule has 0 bridgehead atoms. The highest BCUT2D eigenvalue weighted by molar-refractivity contribution is 5.38. The number of ether oxygens (including phenoxy) is 1. The van der Waals surface area contributed by atoms with Crippen LogP contribution in [0.5, 0.6) is 0 Å². The number of pyridine rings is 1. The van der Waals surface area contributed by atoms with Crippen LogP contribution < -0.4 is 11.5 Å². The summed E-state index contributed by atoms with van der Waals surface area (Å²) >= 11 is 0. The average molecular weight is 195 g/mol. The summed E-state index contributed by atoms with van der Waals surface area (Å²) in [7, 11) is 0. The summed E-state index contributed by atoms with van der Waals surface area (Å²) in [6, 6.07) is 3.79. The Kier molecular flexibility index (Phi) is 4.35. The molecule has 0 aliphatic rings. The van der Waals surface area contributed by atoms with Crippen LogP contribution in [0.4, 0.5) is 5.82 Å². The van der Waals surface area contributed by atoms with Crippen molar-refractivity contribution < 1.29 is 4.74 Å². The van der Waals surface area contributed by atoms with Gasteiger partial charge in [-0.15, -0.1) is 0 Å². The van der Waals surface area contributed by atoms with Gasteiger partial charge in [0, 0.05) is 18.8 Å². The summed E-state index contributed by atoms with van der Waals surface area (Å²) in [5.41, 5.74) is 12.5. The minimum Gasteiger partial charge on any atom is -0.383 e. The van der Waals surface area contributed by atoms with Crippen LogP contribution in [0.25, 0.3) is 0 Å². The Morgan fingerprint density at radius 1 is 1.57 bits per heavy atom. The van der Waals surface area contributed by atoms with Gasteiger partial charge in [0.15, 0.2) is 0 Å². The Balaban J connectivity index is 2.47. The zero-order valence-corrected chi connectivity index (χ0v) is 8.44. The number of anilines is 1. The van der Waals surface area contributed by atoms with Crippen LogP contribution in [0.3, 0.4) is 0 Å². The Bertz CT molecular complexity index is 278. The van der Waals surface area contributed by atoms with Gasteiger partial charge in [-0.3, -0.25) is 0 Å². The van der Waals surface area contributed by atoms with Crippen molar-refractivity contribution in [1.82, 2.24) is 4.98 Å². The molecular formula is C10H17N3O. The highest BCUT2D eigenvalue weighted by Crippen LogP contribution is 2.08. The SMILES string of the molecule is CCOCC(N)Cc1cccnc1N. The molecule has 78 valence electrons. The first-order valence-electron chi connectivity index (χ1n) is 4.76. The van der Waals surface area contributed by atoms with Crippen LogP contribution in [-0.4, -0.2) is 24.2 Å². The van der Waals surface area contributed by atoms with Crippen LogP contribution in [0, 0.1) is 0 Å². The maximum absolute atomic E-state index is 5.85. The van der Waals surface area contributed by atoms with Gasteiger partial charge in [-0.1, -0.05) is 6.07 Å². The van der Waals surface area contributed by atoms with E-state index in [1.807, 2.05) is 19.1 Å². The molecule has 4 N–H and O–H groups in total. The number of hydrogen-bond acceptors (Lipinski definition) is 4. The number of nitrogens with zero attached hydrogens (tertiary/aromatic N) is 1. The molecule has 1 aromatic heterocycles. The fourth-order valence-electron chi connectivity index (χ4n) is 1.23. The van der Waals surface area contributed by atoms with Crippen LogP contribution in [0.2, 0.25) is 0 Å². The predicted molar refractivity (Wildman–Crippen MR) is 56.8 cm³/mol. The molecule has 4 nitrogen and oxygen atoms in total. The summed E-state index contributed by atoms with van der Waals surface area (Å²) in [4.78, 5) is 3.99. The number of nitrogens with two attached hydrogens (primary N) is 2. The molecular weight excluding hydrogens is 178 g/mol. The van der Waals surface area contributed by atoms with Gasteiger partial charge in [-0.2, -0.15) is 0 Å². The molecule has 1 heterocycles. The monoisotopic (exact) mass is 195 g/mol. The fraction of sp³-hybridized carbons (Fsp3) is 0.500. The van der Waals surface area contributed by atoms with Gasteiger partial charge in [-0.05, 0) is 25.0 Å². The quantitative estimate of drug-likeness (QED) is 0.720. The van der Waals surface area contributed by atoms with E-state index in [4.69, 9.17) is 16.2 Å². The molecule has 14 heavy (non-hydrogen) atoms. The van der Waals surface area contributed by atoms with Gasteiger partial charge in [0.05, 0.1) is 6.61 Å². The molecule has 0 saturated carbocycles. The standard InChI is InChI=1S/C10H17N3O/c1-2-14-7-9(11)6-8-4-3-5-13-10(8)12/h3-5,9H,2,6-7,11H2,1H3,(H2,12,13). The van der Waals surface area contributed by atoms with E-state index in [0.29, 0.717) is 25.5 Å². The smallest absolute Gasteiger partial charge is 0.126 e. The number of nitrogen functional groups attached to an aromatic ring is 1. The maximum Gasteiger partial charge on any atom is 0.126 e. The number of hydrogen-bond donors (Lipinski definition) is 2. The minimum absolute atomic E-state index is 0.0125. The normalized spacial score (nSPS) is 12.7. The van der Waals surface area contributed by atoms with Gasteiger partial charge in [0.1, 0.15) is 5.82 Å². The molecule has 0 spiro atoms. The Hall–Kier alpha value is -1.13. The fourth-order valence-corrected chi connectivity index (χ4v) is 1.23. The molecule has 0 radical (unpaired) electrons. The highest BCUT2D eigenvalue weighted by atomic mass is 16.5. The topological polar surface area (TPSA) is 74.2 Å². The molecule has 1 aromatic rings. The van der Waals surface area contributed by atoms with E-state index in [0.717, 1.165) is 5.56 Å². The van der Waals surface area contributed by atoms with Gasteiger partial charge in [0.25, 0.3) is 0 Å². The summed E-state index contributed by atoms with van der Waals surface area (Å²) in [5.74, 6) is 0.555. The molecule has 0 amide bonds. The van der Waals surface area contributed by atoms with E-state index >= 15 is 0 Å². The summed E-state index contributed by atoms with van der Waals surface area (Å²) < 4.78 is 5.22. The van der Waals surface area contributed by atoms with Crippen molar-refractivity contribution in [2.24, 2.45) is 5.73 Å². The molecule has 1 unspecified atom stereocenters. The van der Waals surface area contributed by atoms with Crippen LogP contribution in [-0.2, 0) is 11.2 Å². The lowest BCUT2D eigenvalue weighted by Crippen LogP contribution is -2.29. The summed E-state index contributed by atoms with van der Waals surface area (Å²) in [6.45, 7) is 3.20. The lowest BCUT2D eigenvalue weighted by molar-refractivity contribution is 0.133. The molecule has 0 aliphatic carbocycles. The first kappa shape index (κ1) is 10.9.